The Morgan fingerprint density at radius 3 is 2.58 bits per heavy atom. The minimum Gasteiger partial charge on any atom is -0.497 e. The molecule has 0 aliphatic rings. The molecule has 168 valence electrons. The molecule has 1 N–H and O–H groups in total. The normalized spacial score (nSPS) is 11.0. The first-order valence-corrected chi connectivity index (χ1v) is 11.3. The van der Waals surface area contributed by atoms with Crippen LogP contribution in [0.4, 0.5) is 0 Å². The second-order valence-electron chi connectivity index (χ2n) is 7.65. The number of nitrogens with one attached hydrogen (secondary N) is 1. The zero-order valence-corrected chi connectivity index (χ0v) is 19.6. The number of aromatic amines is 1. The molecule has 4 aromatic rings. The first kappa shape index (κ1) is 22.5. The van der Waals surface area contributed by atoms with Crippen LogP contribution in [0.25, 0.3) is 16.6 Å². The molecular formula is C25H23N3O4S. The highest BCUT2D eigenvalue weighted by Crippen LogP contribution is 2.26. The summed E-state index contributed by atoms with van der Waals surface area (Å²) < 4.78 is 6.81. The topological polar surface area (TPSA) is 94.1 Å². The largest absolute Gasteiger partial charge is 0.497 e. The Balaban J connectivity index is 1.76. The van der Waals surface area contributed by atoms with Gasteiger partial charge >= 0.3 is 0 Å². The minimum absolute atomic E-state index is 0.0485. The number of aryl methyl sites for hydroxylation is 1. The number of ether oxygens (including phenoxy) is 1. The predicted octanol–water partition coefficient (Wildman–Crippen LogP) is 4.52. The number of aromatic nitrogens is 3. The fourth-order valence-electron chi connectivity index (χ4n) is 3.95. The first-order chi connectivity index (χ1) is 15.8. The summed E-state index contributed by atoms with van der Waals surface area (Å²) in [6, 6.07) is 14.3. The molecule has 0 spiro atoms. The lowest BCUT2D eigenvalue weighted by atomic mass is 10.1. The van der Waals surface area contributed by atoms with E-state index in [2.05, 4.69) is 9.97 Å². The van der Waals surface area contributed by atoms with Gasteiger partial charge in [0.25, 0.3) is 5.56 Å². The number of thioether (sulfide) groups is 1. The van der Waals surface area contributed by atoms with E-state index < -0.39 is 0 Å². The van der Waals surface area contributed by atoms with Gasteiger partial charge in [0.2, 0.25) is 0 Å². The van der Waals surface area contributed by atoms with Crippen molar-refractivity contribution in [3.05, 3.63) is 81.4 Å². The van der Waals surface area contributed by atoms with Gasteiger partial charge in [-0.15, -0.1) is 0 Å². The van der Waals surface area contributed by atoms with Crippen LogP contribution in [0.1, 0.15) is 39.0 Å². The summed E-state index contributed by atoms with van der Waals surface area (Å²) >= 11 is 1.18. The molecular weight excluding hydrogens is 438 g/mol. The summed E-state index contributed by atoms with van der Waals surface area (Å²) in [6.07, 6.45) is 0. The van der Waals surface area contributed by atoms with Crippen LogP contribution in [0.3, 0.4) is 0 Å². The number of carbonyl (C=O) groups excluding carboxylic acids is 2. The molecule has 2 aromatic carbocycles. The Kier molecular flexibility index (Phi) is 6.20. The summed E-state index contributed by atoms with van der Waals surface area (Å²) in [7, 11) is 1.56. The zero-order valence-electron chi connectivity index (χ0n) is 18.8. The van der Waals surface area contributed by atoms with E-state index in [9.17, 15) is 14.4 Å². The quantitative estimate of drug-likeness (QED) is 0.247. The van der Waals surface area contributed by atoms with Gasteiger partial charge in [-0.05, 0) is 50.6 Å². The average Bonchev–Trinajstić information content (AvgIpc) is 3.11. The highest BCUT2D eigenvalue weighted by atomic mass is 32.2. The maximum absolute atomic E-state index is 13.4. The Morgan fingerprint density at radius 2 is 1.88 bits per heavy atom. The molecule has 0 bridgehead atoms. The van der Waals surface area contributed by atoms with Gasteiger partial charge in [-0.2, -0.15) is 0 Å². The average molecular weight is 462 g/mol. The van der Waals surface area contributed by atoms with Crippen LogP contribution in [0.15, 0.2) is 58.5 Å². The number of methoxy groups -OCH3 is 1. The van der Waals surface area contributed by atoms with E-state index in [1.165, 1.54) is 23.3 Å². The Morgan fingerprint density at radius 1 is 1.12 bits per heavy atom. The number of carbonyl (C=O) groups is 2. The number of fused-ring (bicyclic) bond motifs is 1. The number of ketones is 2. The molecule has 0 atom stereocenters. The van der Waals surface area contributed by atoms with E-state index in [0.717, 1.165) is 0 Å². The molecule has 8 heteroatoms. The van der Waals surface area contributed by atoms with Gasteiger partial charge in [-0.1, -0.05) is 30.0 Å². The van der Waals surface area contributed by atoms with Crippen LogP contribution in [-0.2, 0) is 0 Å². The van der Waals surface area contributed by atoms with E-state index in [-0.39, 0.29) is 22.9 Å². The number of Topliss-reactive ketones (excluding diaryl/α,β-unsaturated/α-hetero) is 2. The lowest BCUT2D eigenvalue weighted by Crippen LogP contribution is -2.22. The highest BCUT2D eigenvalue weighted by Gasteiger charge is 2.21. The summed E-state index contributed by atoms with van der Waals surface area (Å²) in [4.78, 5) is 46.0. The monoisotopic (exact) mass is 461 g/mol. The van der Waals surface area contributed by atoms with Crippen molar-refractivity contribution in [2.45, 2.75) is 25.9 Å². The lowest BCUT2D eigenvalue weighted by molar-refractivity contribution is 0.101. The Bertz CT molecular complexity index is 1450. The molecule has 0 saturated heterocycles. The molecule has 33 heavy (non-hydrogen) atoms. The van der Waals surface area contributed by atoms with Crippen molar-refractivity contribution in [3.63, 3.8) is 0 Å². The molecule has 0 unspecified atom stereocenters. The van der Waals surface area contributed by atoms with Crippen LogP contribution in [0.2, 0.25) is 0 Å². The number of benzene rings is 2. The molecule has 0 fully saturated rings. The number of hydrogen-bond acceptors (Lipinski definition) is 6. The van der Waals surface area contributed by atoms with Crippen molar-refractivity contribution in [3.8, 4) is 11.4 Å². The molecule has 0 saturated carbocycles. The van der Waals surface area contributed by atoms with Crippen LogP contribution in [0.5, 0.6) is 5.75 Å². The molecule has 0 aliphatic carbocycles. The van der Waals surface area contributed by atoms with Crippen molar-refractivity contribution in [2.24, 2.45) is 0 Å². The molecule has 2 aromatic heterocycles. The molecule has 0 aliphatic heterocycles. The standard InChI is InChI=1S/C25H23N3O4S/c1-14-22(16(3)29)15(2)26-23(14)21(30)13-33-25-27-20-11-6-5-10-19(20)24(31)28(25)17-8-7-9-18(12-17)32-4/h5-12,26H,13H2,1-4H3. The van der Waals surface area contributed by atoms with Gasteiger partial charge in [0, 0.05) is 17.3 Å². The summed E-state index contributed by atoms with van der Waals surface area (Å²) in [6.45, 7) is 5.02. The highest BCUT2D eigenvalue weighted by molar-refractivity contribution is 7.99. The van der Waals surface area contributed by atoms with Gasteiger partial charge in [-0.3, -0.25) is 19.0 Å². The van der Waals surface area contributed by atoms with Crippen LogP contribution < -0.4 is 10.3 Å². The number of nitrogens with zero attached hydrogens (tertiary/aromatic N) is 2. The third-order valence-corrected chi connectivity index (χ3v) is 6.40. The summed E-state index contributed by atoms with van der Waals surface area (Å²) in [5, 5.41) is 0.881. The van der Waals surface area contributed by atoms with Crippen molar-refractivity contribution >= 4 is 34.2 Å². The van der Waals surface area contributed by atoms with E-state index in [0.29, 0.717) is 50.0 Å². The summed E-state index contributed by atoms with van der Waals surface area (Å²) in [5.74, 6) is 0.393. The second-order valence-corrected chi connectivity index (χ2v) is 8.59. The predicted molar refractivity (Wildman–Crippen MR) is 129 cm³/mol. The third kappa shape index (κ3) is 4.21. The fourth-order valence-corrected chi connectivity index (χ4v) is 4.83. The molecule has 2 heterocycles. The second kappa shape index (κ2) is 9.07. The molecule has 4 rings (SSSR count). The van der Waals surface area contributed by atoms with Crippen molar-refractivity contribution in [1.29, 1.82) is 0 Å². The summed E-state index contributed by atoms with van der Waals surface area (Å²) in [5.41, 5.74) is 3.18. The van der Waals surface area contributed by atoms with Gasteiger partial charge in [0.15, 0.2) is 16.7 Å². The van der Waals surface area contributed by atoms with Crippen LogP contribution in [-0.4, -0.2) is 39.0 Å². The Labute approximate surface area is 194 Å². The van der Waals surface area contributed by atoms with E-state index in [1.807, 2.05) is 6.07 Å². The smallest absolute Gasteiger partial charge is 0.266 e. The first-order valence-electron chi connectivity index (χ1n) is 10.3. The van der Waals surface area contributed by atoms with Crippen molar-refractivity contribution in [1.82, 2.24) is 14.5 Å². The van der Waals surface area contributed by atoms with Crippen LogP contribution >= 0.6 is 11.8 Å². The van der Waals surface area contributed by atoms with E-state index in [1.54, 1.807) is 63.4 Å². The van der Waals surface area contributed by atoms with Crippen molar-refractivity contribution < 1.29 is 14.3 Å². The number of H-pyrrole nitrogens is 1. The molecule has 0 amide bonds. The zero-order chi connectivity index (χ0) is 23.7. The van der Waals surface area contributed by atoms with Crippen LogP contribution in [0, 0.1) is 13.8 Å². The van der Waals surface area contributed by atoms with Gasteiger partial charge in [-0.25, -0.2) is 4.98 Å². The fraction of sp³-hybridized carbons (Fsp3) is 0.200. The number of rotatable bonds is 7. The number of para-hydroxylation sites is 1. The van der Waals surface area contributed by atoms with E-state index in [4.69, 9.17) is 4.74 Å². The van der Waals surface area contributed by atoms with Gasteiger partial charge in [0.05, 0.1) is 35.1 Å². The Hall–Kier alpha value is -3.65. The van der Waals surface area contributed by atoms with Gasteiger partial charge < -0.3 is 9.72 Å². The third-order valence-electron chi connectivity index (χ3n) is 5.46. The molecule has 7 nitrogen and oxygen atoms in total. The van der Waals surface area contributed by atoms with Gasteiger partial charge in [0.1, 0.15) is 5.75 Å². The molecule has 0 radical (unpaired) electrons. The maximum Gasteiger partial charge on any atom is 0.266 e. The SMILES string of the molecule is COc1cccc(-n2c(SCC(=O)c3[nH]c(C)c(C(C)=O)c3C)nc3ccccc3c2=O)c1. The minimum atomic E-state index is -0.227. The maximum atomic E-state index is 13.4. The van der Waals surface area contributed by atoms with Crippen molar-refractivity contribution in [2.75, 3.05) is 12.9 Å². The lowest BCUT2D eigenvalue weighted by Gasteiger charge is -2.14. The number of hydrogen-bond donors (Lipinski definition) is 1. The van der Waals surface area contributed by atoms with E-state index >= 15 is 0 Å².